The van der Waals surface area contributed by atoms with Gasteiger partial charge in [0.15, 0.2) is 0 Å². The summed E-state index contributed by atoms with van der Waals surface area (Å²) in [5.41, 5.74) is 2.07. The predicted octanol–water partition coefficient (Wildman–Crippen LogP) is 2.07. The molecule has 3 nitrogen and oxygen atoms in total. The Bertz CT molecular complexity index is 425. The Labute approximate surface area is 108 Å². The number of esters is 1. The molecule has 1 N–H and O–H groups in total. The minimum atomic E-state index is -0.504. The SMILES string of the molecule is C=C1C(O)CC2C(C)C(=O)OC2C2C(=C)CCC12. The Kier molecular flexibility index (Phi) is 2.63. The Hall–Kier alpha value is -1.09. The smallest absolute Gasteiger partial charge is 0.309 e. The zero-order chi connectivity index (χ0) is 13.0. The van der Waals surface area contributed by atoms with Crippen LogP contribution in [0.3, 0.4) is 0 Å². The minimum Gasteiger partial charge on any atom is -0.461 e. The molecule has 18 heavy (non-hydrogen) atoms. The summed E-state index contributed by atoms with van der Waals surface area (Å²) in [7, 11) is 0. The van der Waals surface area contributed by atoms with Crippen molar-refractivity contribution in [1.29, 1.82) is 0 Å². The minimum absolute atomic E-state index is 0.0959. The molecular weight excluding hydrogens is 228 g/mol. The van der Waals surface area contributed by atoms with Crippen molar-refractivity contribution in [2.24, 2.45) is 23.7 Å². The van der Waals surface area contributed by atoms with Gasteiger partial charge >= 0.3 is 5.97 Å². The molecule has 0 radical (unpaired) electrons. The molecule has 2 aliphatic carbocycles. The number of hydrogen-bond acceptors (Lipinski definition) is 3. The molecule has 3 heteroatoms. The second-order valence-corrected chi connectivity index (χ2v) is 6.01. The van der Waals surface area contributed by atoms with Crippen LogP contribution < -0.4 is 0 Å². The summed E-state index contributed by atoms with van der Waals surface area (Å²) < 4.78 is 5.59. The first-order chi connectivity index (χ1) is 8.50. The summed E-state index contributed by atoms with van der Waals surface area (Å²) in [5.74, 6) is 0.274. The van der Waals surface area contributed by atoms with E-state index in [0.29, 0.717) is 6.42 Å². The van der Waals surface area contributed by atoms with E-state index in [2.05, 4.69) is 13.2 Å². The second kappa shape index (κ2) is 3.95. The van der Waals surface area contributed by atoms with Crippen LogP contribution >= 0.6 is 0 Å². The summed E-state index contributed by atoms with van der Waals surface area (Å²) in [6.45, 7) is 10.1. The third kappa shape index (κ3) is 1.50. The van der Waals surface area contributed by atoms with E-state index in [9.17, 15) is 9.90 Å². The van der Waals surface area contributed by atoms with Crippen molar-refractivity contribution in [2.45, 2.75) is 38.4 Å². The quantitative estimate of drug-likeness (QED) is 0.527. The van der Waals surface area contributed by atoms with Crippen molar-refractivity contribution >= 4 is 5.97 Å². The average Bonchev–Trinajstić information content (AvgIpc) is 2.80. The standard InChI is InChI=1S/C15H20O3/c1-7-4-5-10-8(2)12(16)6-11-9(3)15(17)18-14(11)13(7)10/h9-14,16H,1-2,4-6H2,3H3. The first-order valence-corrected chi connectivity index (χ1v) is 6.75. The molecule has 0 aromatic carbocycles. The fraction of sp³-hybridized carbons (Fsp3) is 0.667. The van der Waals surface area contributed by atoms with E-state index >= 15 is 0 Å². The van der Waals surface area contributed by atoms with Crippen LogP contribution in [-0.4, -0.2) is 23.3 Å². The van der Waals surface area contributed by atoms with Gasteiger partial charge in [0.05, 0.1) is 12.0 Å². The molecule has 2 saturated carbocycles. The highest BCUT2D eigenvalue weighted by atomic mass is 16.6. The zero-order valence-corrected chi connectivity index (χ0v) is 10.8. The number of fused-ring (bicyclic) bond motifs is 3. The van der Waals surface area contributed by atoms with Gasteiger partial charge in [0.2, 0.25) is 0 Å². The van der Waals surface area contributed by atoms with Crippen molar-refractivity contribution in [3.8, 4) is 0 Å². The van der Waals surface area contributed by atoms with Crippen molar-refractivity contribution in [2.75, 3.05) is 0 Å². The maximum absolute atomic E-state index is 11.8. The summed E-state index contributed by atoms with van der Waals surface area (Å²) in [4.78, 5) is 11.8. The van der Waals surface area contributed by atoms with Gasteiger partial charge in [-0.2, -0.15) is 0 Å². The van der Waals surface area contributed by atoms with Gasteiger partial charge in [-0.3, -0.25) is 4.79 Å². The van der Waals surface area contributed by atoms with Crippen LogP contribution in [0.2, 0.25) is 0 Å². The number of ether oxygens (including phenoxy) is 1. The van der Waals surface area contributed by atoms with Gasteiger partial charge in [0.25, 0.3) is 0 Å². The van der Waals surface area contributed by atoms with E-state index < -0.39 is 6.10 Å². The van der Waals surface area contributed by atoms with Crippen LogP contribution in [0.5, 0.6) is 0 Å². The first kappa shape index (κ1) is 12.0. The van der Waals surface area contributed by atoms with E-state index in [-0.39, 0.29) is 35.7 Å². The molecule has 0 spiro atoms. The molecule has 6 atom stereocenters. The molecule has 3 rings (SSSR count). The normalized spacial score (nSPS) is 47.6. The maximum atomic E-state index is 11.8. The summed E-state index contributed by atoms with van der Waals surface area (Å²) in [6, 6.07) is 0. The van der Waals surface area contributed by atoms with Crippen molar-refractivity contribution < 1.29 is 14.6 Å². The number of carbonyl (C=O) groups excluding carboxylic acids is 1. The van der Waals surface area contributed by atoms with E-state index in [0.717, 1.165) is 24.0 Å². The molecule has 1 aliphatic heterocycles. The largest absolute Gasteiger partial charge is 0.461 e. The van der Waals surface area contributed by atoms with Crippen LogP contribution in [0.1, 0.15) is 26.2 Å². The van der Waals surface area contributed by atoms with Crippen LogP contribution in [-0.2, 0) is 9.53 Å². The highest BCUT2D eigenvalue weighted by Gasteiger charge is 2.53. The van der Waals surface area contributed by atoms with Crippen molar-refractivity contribution in [3.63, 3.8) is 0 Å². The summed E-state index contributed by atoms with van der Waals surface area (Å²) >= 11 is 0. The van der Waals surface area contributed by atoms with Crippen molar-refractivity contribution in [3.05, 3.63) is 24.3 Å². The zero-order valence-electron chi connectivity index (χ0n) is 10.8. The molecule has 0 bridgehead atoms. The number of carbonyl (C=O) groups is 1. The molecular formula is C15H20O3. The molecule has 0 aromatic heterocycles. The van der Waals surface area contributed by atoms with Crippen molar-refractivity contribution in [1.82, 2.24) is 0 Å². The first-order valence-electron chi connectivity index (χ1n) is 6.75. The van der Waals surface area contributed by atoms with Crippen LogP contribution in [0.25, 0.3) is 0 Å². The Morgan fingerprint density at radius 2 is 2.11 bits per heavy atom. The number of hydrogen-bond donors (Lipinski definition) is 1. The van der Waals surface area contributed by atoms with E-state index in [4.69, 9.17) is 4.74 Å². The Balaban J connectivity index is 2.01. The summed E-state index contributed by atoms with van der Waals surface area (Å²) in [6.07, 6.45) is 1.93. The molecule has 6 unspecified atom stereocenters. The average molecular weight is 248 g/mol. The Morgan fingerprint density at radius 1 is 1.39 bits per heavy atom. The molecule has 3 aliphatic rings. The molecule has 1 saturated heterocycles. The fourth-order valence-corrected chi connectivity index (χ4v) is 3.97. The topological polar surface area (TPSA) is 46.5 Å². The van der Waals surface area contributed by atoms with Gasteiger partial charge < -0.3 is 9.84 Å². The summed E-state index contributed by atoms with van der Waals surface area (Å²) in [5, 5.41) is 10.2. The third-order valence-corrected chi connectivity index (χ3v) is 5.12. The second-order valence-electron chi connectivity index (χ2n) is 6.01. The number of aliphatic hydroxyl groups excluding tert-OH is 1. The molecule has 98 valence electrons. The van der Waals surface area contributed by atoms with Gasteiger partial charge in [0.1, 0.15) is 6.10 Å². The number of rotatable bonds is 0. The van der Waals surface area contributed by atoms with Gasteiger partial charge in [-0.15, -0.1) is 0 Å². The highest BCUT2D eigenvalue weighted by Crippen LogP contribution is 2.52. The van der Waals surface area contributed by atoms with Crippen LogP contribution in [0.4, 0.5) is 0 Å². The predicted molar refractivity (Wildman–Crippen MR) is 67.7 cm³/mol. The van der Waals surface area contributed by atoms with Crippen LogP contribution in [0.15, 0.2) is 24.3 Å². The lowest BCUT2D eigenvalue weighted by molar-refractivity contribution is -0.145. The third-order valence-electron chi connectivity index (χ3n) is 5.12. The monoisotopic (exact) mass is 248 g/mol. The van der Waals surface area contributed by atoms with Gasteiger partial charge in [-0.1, -0.05) is 25.7 Å². The van der Waals surface area contributed by atoms with E-state index in [1.165, 1.54) is 0 Å². The maximum Gasteiger partial charge on any atom is 0.309 e. The fourth-order valence-electron chi connectivity index (χ4n) is 3.97. The lowest BCUT2D eigenvalue weighted by Gasteiger charge is -2.26. The van der Waals surface area contributed by atoms with Gasteiger partial charge in [-0.05, 0) is 30.8 Å². The molecule has 1 heterocycles. The highest BCUT2D eigenvalue weighted by molar-refractivity contribution is 5.75. The van der Waals surface area contributed by atoms with Crippen LogP contribution in [0, 0.1) is 23.7 Å². The molecule has 0 amide bonds. The number of aliphatic hydroxyl groups is 1. The molecule has 3 fully saturated rings. The Morgan fingerprint density at radius 3 is 2.83 bits per heavy atom. The van der Waals surface area contributed by atoms with Gasteiger partial charge in [0, 0.05) is 11.8 Å². The lowest BCUT2D eigenvalue weighted by atomic mass is 9.80. The lowest BCUT2D eigenvalue weighted by Crippen LogP contribution is -2.29. The van der Waals surface area contributed by atoms with Gasteiger partial charge in [-0.25, -0.2) is 0 Å². The molecule has 0 aromatic rings. The van der Waals surface area contributed by atoms with E-state index in [1.807, 2.05) is 6.92 Å². The van der Waals surface area contributed by atoms with E-state index in [1.54, 1.807) is 0 Å².